The number of hydrogen-bond acceptors (Lipinski definition) is 5. The molecule has 29 heavy (non-hydrogen) atoms. The van der Waals surface area contributed by atoms with Gasteiger partial charge in [-0.3, -0.25) is 9.59 Å². The van der Waals surface area contributed by atoms with Crippen LogP contribution in [-0.4, -0.2) is 26.0 Å². The summed E-state index contributed by atoms with van der Waals surface area (Å²) in [5, 5.41) is 0. The Morgan fingerprint density at radius 2 is 1.59 bits per heavy atom. The topological polar surface area (TPSA) is 61.8 Å². The van der Waals surface area contributed by atoms with Crippen LogP contribution in [0.2, 0.25) is 0 Å². The molecular formula is C24H26O5. The molecule has 2 aromatic rings. The van der Waals surface area contributed by atoms with Crippen molar-refractivity contribution < 1.29 is 23.8 Å². The van der Waals surface area contributed by atoms with Crippen LogP contribution in [0.5, 0.6) is 17.2 Å². The standard InChI is InChI=1S/C24H26O5/c1-27-20-13-14-21(23(16-20)28-2)22(25)15-10-17-8-11-19(12-9-17)29-24(26)18-6-4-3-5-7-18/h8-16,18H,3-7H2,1-2H3. The number of esters is 1. The Morgan fingerprint density at radius 3 is 2.24 bits per heavy atom. The third-order valence-corrected chi connectivity index (χ3v) is 5.14. The van der Waals surface area contributed by atoms with Gasteiger partial charge in [0.05, 0.1) is 25.7 Å². The lowest BCUT2D eigenvalue weighted by atomic mass is 9.89. The Bertz CT molecular complexity index is 877. The first-order valence-electron chi connectivity index (χ1n) is 9.87. The molecule has 0 unspecified atom stereocenters. The van der Waals surface area contributed by atoms with Crippen LogP contribution in [-0.2, 0) is 4.79 Å². The van der Waals surface area contributed by atoms with E-state index in [2.05, 4.69) is 0 Å². The molecule has 3 rings (SSSR count). The van der Waals surface area contributed by atoms with E-state index < -0.39 is 0 Å². The smallest absolute Gasteiger partial charge is 0.314 e. The Balaban J connectivity index is 1.62. The maximum atomic E-state index is 12.5. The van der Waals surface area contributed by atoms with Crippen LogP contribution in [0, 0.1) is 5.92 Å². The molecule has 1 aliphatic carbocycles. The predicted molar refractivity (Wildman–Crippen MR) is 112 cm³/mol. The van der Waals surface area contributed by atoms with Crippen LogP contribution in [0.25, 0.3) is 6.08 Å². The normalized spacial score (nSPS) is 14.6. The second-order valence-electron chi connectivity index (χ2n) is 7.09. The van der Waals surface area contributed by atoms with Gasteiger partial charge in [0.15, 0.2) is 5.78 Å². The highest BCUT2D eigenvalue weighted by Crippen LogP contribution is 2.27. The molecule has 152 valence electrons. The lowest BCUT2D eigenvalue weighted by molar-refractivity contribution is -0.139. The van der Waals surface area contributed by atoms with Gasteiger partial charge in [-0.25, -0.2) is 0 Å². The highest BCUT2D eigenvalue weighted by atomic mass is 16.5. The zero-order valence-corrected chi connectivity index (χ0v) is 16.9. The minimum atomic E-state index is -0.169. The largest absolute Gasteiger partial charge is 0.497 e. The number of rotatable bonds is 7. The fourth-order valence-electron chi connectivity index (χ4n) is 3.45. The molecule has 1 saturated carbocycles. The third-order valence-electron chi connectivity index (χ3n) is 5.14. The summed E-state index contributed by atoms with van der Waals surface area (Å²) in [6.07, 6.45) is 8.43. The molecule has 2 aromatic carbocycles. The van der Waals surface area contributed by atoms with Crippen molar-refractivity contribution in [1.82, 2.24) is 0 Å². The zero-order valence-electron chi connectivity index (χ0n) is 16.9. The van der Waals surface area contributed by atoms with Crippen molar-refractivity contribution in [2.45, 2.75) is 32.1 Å². The van der Waals surface area contributed by atoms with Gasteiger partial charge in [0.1, 0.15) is 17.2 Å². The molecule has 0 aliphatic heterocycles. The van der Waals surface area contributed by atoms with Crippen molar-refractivity contribution in [3.05, 3.63) is 59.7 Å². The van der Waals surface area contributed by atoms with Crippen LogP contribution >= 0.6 is 0 Å². The molecule has 0 spiro atoms. The summed E-state index contributed by atoms with van der Waals surface area (Å²) < 4.78 is 15.9. The van der Waals surface area contributed by atoms with E-state index in [1.165, 1.54) is 19.6 Å². The number of methoxy groups -OCH3 is 2. The van der Waals surface area contributed by atoms with Crippen molar-refractivity contribution >= 4 is 17.8 Å². The lowest BCUT2D eigenvalue weighted by Gasteiger charge is -2.19. The van der Waals surface area contributed by atoms with E-state index in [1.54, 1.807) is 43.5 Å². The Hall–Kier alpha value is -3.08. The first kappa shape index (κ1) is 20.6. The first-order chi connectivity index (χ1) is 14.1. The Labute approximate surface area is 171 Å². The van der Waals surface area contributed by atoms with E-state index in [0.717, 1.165) is 31.2 Å². The summed E-state index contributed by atoms with van der Waals surface area (Å²) in [5.41, 5.74) is 1.30. The van der Waals surface area contributed by atoms with E-state index in [0.29, 0.717) is 22.8 Å². The highest BCUT2D eigenvalue weighted by Gasteiger charge is 2.22. The lowest BCUT2D eigenvalue weighted by Crippen LogP contribution is -2.22. The van der Waals surface area contributed by atoms with Crippen molar-refractivity contribution in [2.24, 2.45) is 5.92 Å². The molecule has 5 nitrogen and oxygen atoms in total. The van der Waals surface area contributed by atoms with E-state index in [-0.39, 0.29) is 17.7 Å². The van der Waals surface area contributed by atoms with Crippen LogP contribution in [0.1, 0.15) is 48.0 Å². The predicted octanol–water partition coefficient (Wildman–Crippen LogP) is 5.09. The fourth-order valence-corrected chi connectivity index (χ4v) is 3.45. The molecule has 0 saturated heterocycles. The van der Waals surface area contributed by atoms with Crippen molar-refractivity contribution in [3.8, 4) is 17.2 Å². The number of benzene rings is 2. The minimum Gasteiger partial charge on any atom is -0.497 e. The minimum absolute atomic E-state index is 0.0143. The number of ketones is 1. The molecule has 0 atom stereocenters. The van der Waals surface area contributed by atoms with Gasteiger partial charge in [0, 0.05) is 6.07 Å². The summed E-state index contributed by atoms with van der Waals surface area (Å²) >= 11 is 0. The van der Waals surface area contributed by atoms with Gasteiger partial charge >= 0.3 is 5.97 Å². The van der Waals surface area contributed by atoms with Crippen molar-refractivity contribution in [1.29, 1.82) is 0 Å². The Kier molecular flexibility index (Phi) is 7.06. The van der Waals surface area contributed by atoms with E-state index in [1.807, 2.05) is 12.1 Å². The number of hydrogen-bond donors (Lipinski definition) is 0. The van der Waals surface area contributed by atoms with Gasteiger partial charge < -0.3 is 14.2 Å². The zero-order chi connectivity index (χ0) is 20.6. The van der Waals surface area contributed by atoms with Gasteiger partial charge in [0.2, 0.25) is 0 Å². The third kappa shape index (κ3) is 5.47. The van der Waals surface area contributed by atoms with Crippen LogP contribution < -0.4 is 14.2 Å². The maximum Gasteiger partial charge on any atom is 0.314 e. The number of carbonyl (C=O) groups is 2. The number of allylic oxidation sites excluding steroid dienone is 1. The molecule has 1 aliphatic rings. The van der Waals surface area contributed by atoms with Crippen molar-refractivity contribution in [3.63, 3.8) is 0 Å². The molecule has 0 aromatic heterocycles. The van der Waals surface area contributed by atoms with Crippen LogP contribution in [0.15, 0.2) is 48.5 Å². The summed E-state index contributed by atoms with van der Waals surface area (Å²) in [5.74, 6) is 1.32. The molecular weight excluding hydrogens is 368 g/mol. The van der Waals surface area contributed by atoms with Gasteiger partial charge in [-0.1, -0.05) is 37.5 Å². The summed E-state index contributed by atoms with van der Waals surface area (Å²) in [6, 6.07) is 12.2. The average Bonchev–Trinajstić information content (AvgIpc) is 2.78. The van der Waals surface area contributed by atoms with E-state index >= 15 is 0 Å². The molecule has 5 heteroatoms. The fraction of sp³-hybridized carbons (Fsp3) is 0.333. The SMILES string of the molecule is COc1ccc(C(=O)C=Cc2ccc(OC(=O)C3CCCCC3)cc2)c(OC)c1. The first-order valence-corrected chi connectivity index (χ1v) is 9.87. The monoisotopic (exact) mass is 394 g/mol. The number of ether oxygens (including phenoxy) is 3. The van der Waals surface area contributed by atoms with E-state index in [9.17, 15) is 9.59 Å². The van der Waals surface area contributed by atoms with Crippen LogP contribution in [0.3, 0.4) is 0 Å². The number of carbonyl (C=O) groups excluding carboxylic acids is 2. The Morgan fingerprint density at radius 1 is 0.897 bits per heavy atom. The summed E-state index contributed by atoms with van der Waals surface area (Å²) in [4.78, 5) is 24.7. The molecule has 0 heterocycles. The molecule has 0 radical (unpaired) electrons. The van der Waals surface area contributed by atoms with E-state index in [4.69, 9.17) is 14.2 Å². The quantitative estimate of drug-likeness (QED) is 0.283. The van der Waals surface area contributed by atoms with Gasteiger partial charge in [0.25, 0.3) is 0 Å². The maximum absolute atomic E-state index is 12.5. The molecule has 1 fully saturated rings. The molecule has 0 N–H and O–H groups in total. The van der Waals surface area contributed by atoms with Gasteiger partial charge in [-0.15, -0.1) is 0 Å². The second kappa shape index (κ2) is 9.92. The van der Waals surface area contributed by atoms with Crippen LogP contribution in [0.4, 0.5) is 0 Å². The summed E-state index contributed by atoms with van der Waals surface area (Å²) in [6.45, 7) is 0. The molecule has 0 bridgehead atoms. The van der Waals surface area contributed by atoms with Gasteiger partial charge in [-0.2, -0.15) is 0 Å². The molecule has 0 amide bonds. The second-order valence-corrected chi connectivity index (χ2v) is 7.09. The highest BCUT2D eigenvalue weighted by molar-refractivity contribution is 6.08. The van der Waals surface area contributed by atoms with Gasteiger partial charge in [-0.05, 0) is 48.7 Å². The average molecular weight is 394 g/mol. The summed E-state index contributed by atoms with van der Waals surface area (Å²) in [7, 11) is 3.08. The van der Waals surface area contributed by atoms with Crippen molar-refractivity contribution in [2.75, 3.05) is 14.2 Å².